The summed E-state index contributed by atoms with van der Waals surface area (Å²) in [5, 5.41) is 7.25. The van der Waals surface area contributed by atoms with Crippen LogP contribution in [0.5, 0.6) is 11.5 Å². The number of methoxy groups -OCH3 is 1. The zero-order chi connectivity index (χ0) is 22.1. The van der Waals surface area contributed by atoms with Gasteiger partial charge in [0.05, 0.1) is 19.2 Å². The second-order valence-corrected chi connectivity index (χ2v) is 8.07. The first-order valence-electron chi connectivity index (χ1n) is 10.6. The van der Waals surface area contributed by atoms with Gasteiger partial charge in [-0.25, -0.2) is 0 Å². The van der Waals surface area contributed by atoms with Crippen LogP contribution in [0.3, 0.4) is 0 Å². The molecular formula is C24H24N4O4. The third-order valence-corrected chi connectivity index (χ3v) is 6.06. The topological polar surface area (TPSA) is 85.7 Å². The lowest BCUT2D eigenvalue weighted by Crippen LogP contribution is -2.61. The summed E-state index contributed by atoms with van der Waals surface area (Å²) in [6, 6.07) is 14.6. The highest BCUT2D eigenvalue weighted by molar-refractivity contribution is 5.98. The molecule has 0 saturated carbocycles. The average molecular weight is 432 g/mol. The summed E-state index contributed by atoms with van der Waals surface area (Å²) in [5.41, 5.74) is 1.25. The SMILES string of the molecule is COc1ccc(C(=O)N2CCC3(CC2)NC(=O)c2ccccc2O3)cc1Cn1cccn1. The molecule has 0 unspecified atom stereocenters. The second kappa shape index (κ2) is 8.03. The number of nitrogens with zero attached hydrogens (tertiary/aromatic N) is 3. The highest BCUT2D eigenvalue weighted by Crippen LogP contribution is 2.34. The molecule has 5 rings (SSSR count). The lowest BCUT2D eigenvalue weighted by molar-refractivity contribution is -0.0245. The van der Waals surface area contributed by atoms with Gasteiger partial charge in [-0.2, -0.15) is 5.10 Å². The van der Waals surface area contributed by atoms with E-state index in [1.807, 2.05) is 42.6 Å². The molecule has 1 aromatic heterocycles. The number of para-hydroxylation sites is 1. The van der Waals surface area contributed by atoms with Gasteiger partial charge in [0.25, 0.3) is 11.8 Å². The van der Waals surface area contributed by atoms with Crippen LogP contribution in [0.1, 0.15) is 39.1 Å². The zero-order valence-corrected chi connectivity index (χ0v) is 17.8. The molecule has 1 N–H and O–H groups in total. The van der Waals surface area contributed by atoms with Gasteiger partial charge in [0.1, 0.15) is 11.5 Å². The number of amides is 2. The first-order chi connectivity index (χ1) is 15.6. The molecule has 3 heterocycles. The summed E-state index contributed by atoms with van der Waals surface area (Å²) in [4.78, 5) is 27.6. The molecule has 2 aliphatic heterocycles. The molecule has 1 saturated heterocycles. The van der Waals surface area contributed by atoms with Crippen molar-refractivity contribution in [3.05, 3.63) is 77.6 Å². The molecule has 3 aromatic rings. The quantitative estimate of drug-likeness (QED) is 0.685. The summed E-state index contributed by atoms with van der Waals surface area (Å²) >= 11 is 0. The van der Waals surface area contributed by atoms with Gasteiger partial charge in [-0.15, -0.1) is 0 Å². The summed E-state index contributed by atoms with van der Waals surface area (Å²) in [7, 11) is 1.62. The average Bonchev–Trinajstić information content (AvgIpc) is 3.32. The van der Waals surface area contributed by atoms with E-state index in [9.17, 15) is 9.59 Å². The zero-order valence-electron chi connectivity index (χ0n) is 17.8. The molecule has 0 atom stereocenters. The van der Waals surface area contributed by atoms with Crippen LogP contribution in [-0.4, -0.2) is 52.4 Å². The first-order valence-corrected chi connectivity index (χ1v) is 10.6. The van der Waals surface area contributed by atoms with E-state index in [2.05, 4.69) is 10.4 Å². The molecule has 1 fully saturated rings. The molecule has 0 bridgehead atoms. The Morgan fingerprint density at radius 1 is 1.19 bits per heavy atom. The monoisotopic (exact) mass is 432 g/mol. The lowest BCUT2D eigenvalue weighted by atomic mass is 9.96. The maximum Gasteiger partial charge on any atom is 0.258 e. The van der Waals surface area contributed by atoms with Crippen LogP contribution >= 0.6 is 0 Å². The van der Waals surface area contributed by atoms with Crippen molar-refractivity contribution in [2.24, 2.45) is 0 Å². The Morgan fingerprint density at radius 2 is 2.00 bits per heavy atom. The number of ether oxygens (including phenoxy) is 2. The fourth-order valence-corrected chi connectivity index (χ4v) is 4.34. The maximum atomic E-state index is 13.2. The van der Waals surface area contributed by atoms with Crippen LogP contribution in [0.15, 0.2) is 60.9 Å². The smallest absolute Gasteiger partial charge is 0.258 e. The predicted molar refractivity (Wildman–Crippen MR) is 117 cm³/mol. The maximum absolute atomic E-state index is 13.2. The molecule has 0 radical (unpaired) electrons. The lowest BCUT2D eigenvalue weighted by Gasteiger charge is -2.44. The number of piperidine rings is 1. The van der Waals surface area contributed by atoms with Crippen LogP contribution < -0.4 is 14.8 Å². The van der Waals surface area contributed by atoms with Gasteiger partial charge in [-0.1, -0.05) is 12.1 Å². The van der Waals surface area contributed by atoms with E-state index < -0.39 is 5.72 Å². The molecule has 2 aromatic carbocycles. The number of hydrogen-bond acceptors (Lipinski definition) is 5. The van der Waals surface area contributed by atoms with Gasteiger partial charge < -0.3 is 19.7 Å². The Morgan fingerprint density at radius 3 is 2.75 bits per heavy atom. The Bertz CT molecular complexity index is 1150. The Kier molecular flexibility index (Phi) is 5.05. The van der Waals surface area contributed by atoms with E-state index in [4.69, 9.17) is 9.47 Å². The van der Waals surface area contributed by atoms with Crippen LogP contribution in [0.4, 0.5) is 0 Å². The standard InChI is InChI=1S/C24H24N4O4/c1-31-20-8-7-17(15-18(20)16-28-12-4-11-25-28)23(30)27-13-9-24(10-14-27)26-22(29)19-5-2-3-6-21(19)32-24/h2-8,11-12,15H,9-10,13-14,16H2,1H3,(H,26,29). The number of likely N-dealkylation sites (tertiary alicyclic amines) is 1. The first kappa shape index (κ1) is 20.1. The Hall–Kier alpha value is -3.81. The van der Waals surface area contributed by atoms with Crippen LogP contribution in [0, 0.1) is 0 Å². The van der Waals surface area contributed by atoms with E-state index in [1.54, 1.807) is 35.0 Å². The normalized spacial score (nSPS) is 16.8. The van der Waals surface area contributed by atoms with Crippen molar-refractivity contribution < 1.29 is 19.1 Å². The van der Waals surface area contributed by atoms with Crippen molar-refractivity contribution in [1.82, 2.24) is 20.0 Å². The molecule has 1 spiro atoms. The van der Waals surface area contributed by atoms with Crippen LogP contribution in [0.25, 0.3) is 0 Å². The number of nitrogens with one attached hydrogen (secondary N) is 1. The second-order valence-electron chi connectivity index (χ2n) is 8.07. The van der Waals surface area contributed by atoms with Crippen molar-refractivity contribution in [3.8, 4) is 11.5 Å². The van der Waals surface area contributed by atoms with E-state index >= 15 is 0 Å². The number of hydrogen-bond donors (Lipinski definition) is 1. The summed E-state index contributed by atoms with van der Waals surface area (Å²) in [6.07, 6.45) is 4.63. The molecule has 2 aliphatic rings. The van der Waals surface area contributed by atoms with E-state index in [-0.39, 0.29) is 11.8 Å². The fraction of sp³-hybridized carbons (Fsp3) is 0.292. The third-order valence-electron chi connectivity index (χ3n) is 6.06. The summed E-state index contributed by atoms with van der Waals surface area (Å²) < 4.78 is 13.4. The van der Waals surface area contributed by atoms with Crippen molar-refractivity contribution in [2.45, 2.75) is 25.1 Å². The van der Waals surface area contributed by atoms with Gasteiger partial charge in [0.15, 0.2) is 5.72 Å². The highest BCUT2D eigenvalue weighted by atomic mass is 16.5. The van der Waals surface area contributed by atoms with E-state index in [1.165, 1.54) is 0 Å². The largest absolute Gasteiger partial charge is 0.496 e. The molecule has 32 heavy (non-hydrogen) atoms. The highest BCUT2D eigenvalue weighted by Gasteiger charge is 2.43. The number of rotatable bonds is 4. The van der Waals surface area contributed by atoms with Crippen molar-refractivity contribution in [2.75, 3.05) is 20.2 Å². The van der Waals surface area contributed by atoms with E-state index in [0.29, 0.717) is 55.1 Å². The molecular weight excluding hydrogens is 408 g/mol. The molecule has 8 heteroatoms. The van der Waals surface area contributed by atoms with Crippen LogP contribution in [-0.2, 0) is 6.54 Å². The number of carbonyl (C=O) groups is 2. The van der Waals surface area contributed by atoms with Gasteiger partial charge in [0.2, 0.25) is 0 Å². The minimum atomic E-state index is -0.770. The Labute approximate surface area is 185 Å². The van der Waals surface area contributed by atoms with Crippen molar-refractivity contribution in [1.29, 1.82) is 0 Å². The molecule has 2 amide bonds. The Balaban J connectivity index is 1.30. The van der Waals surface area contributed by atoms with Gasteiger partial charge >= 0.3 is 0 Å². The van der Waals surface area contributed by atoms with Gasteiger partial charge in [-0.05, 0) is 36.4 Å². The minimum Gasteiger partial charge on any atom is -0.496 e. The fourth-order valence-electron chi connectivity index (χ4n) is 4.34. The predicted octanol–water partition coefficient (Wildman–Crippen LogP) is 2.69. The number of carbonyl (C=O) groups excluding carboxylic acids is 2. The molecule has 8 nitrogen and oxygen atoms in total. The summed E-state index contributed by atoms with van der Waals surface area (Å²) in [5.74, 6) is 1.12. The van der Waals surface area contributed by atoms with E-state index in [0.717, 1.165) is 5.56 Å². The molecule has 0 aliphatic carbocycles. The van der Waals surface area contributed by atoms with Crippen molar-refractivity contribution in [3.63, 3.8) is 0 Å². The van der Waals surface area contributed by atoms with Crippen LogP contribution in [0.2, 0.25) is 0 Å². The minimum absolute atomic E-state index is 0.0493. The van der Waals surface area contributed by atoms with Gasteiger partial charge in [-0.3, -0.25) is 14.3 Å². The summed E-state index contributed by atoms with van der Waals surface area (Å²) in [6.45, 7) is 1.49. The van der Waals surface area contributed by atoms with Gasteiger partial charge in [0, 0.05) is 49.5 Å². The third kappa shape index (κ3) is 3.68. The molecule has 164 valence electrons. The van der Waals surface area contributed by atoms with Crippen molar-refractivity contribution >= 4 is 11.8 Å². The number of benzene rings is 2. The number of fused-ring (bicyclic) bond motifs is 1. The number of aromatic nitrogens is 2.